The Morgan fingerprint density at radius 2 is 1.59 bits per heavy atom. The lowest BCUT2D eigenvalue weighted by atomic mass is 9.82. The quantitative estimate of drug-likeness (QED) is 0.778. The summed E-state index contributed by atoms with van der Waals surface area (Å²) in [5.41, 5.74) is 0.302. The molecule has 0 saturated carbocycles. The second-order valence-electron chi connectivity index (χ2n) is 7.16. The molecule has 2 heterocycles. The fourth-order valence-corrected chi connectivity index (χ4v) is 3.71. The molecule has 2 rings (SSSR count). The predicted molar refractivity (Wildman–Crippen MR) is 95.5 cm³/mol. The lowest BCUT2D eigenvalue weighted by Gasteiger charge is -2.32. The normalized spacial score (nSPS) is 20.0. The second-order valence-corrected chi connectivity index (χ2v) is 8.17. The summed E-state index contributed by atoms with van der Waals surface area (Å²) in [5, 5.41) is 1.07. The summed E-state index contributed by atoms with van der Waals surface area (Å²) >= 11 is 1.77. The fraction of sp³-hybridized carbons (Fsp3) is 0.812. The molecule has 1 aromatic rings. The smallest absolute Gasteiger partial charge is 0.398 e. The highest BCUT2D eigenvalue weighted by molar-refractivity contribution is 7.16. The van der Waals surface area contributed by atoms with Crippen molar-refractivity contribution in [1.82, 2.24) is 4.98 Å². The monoisotopic (exact) mass is 324 g/mol. The van der Waals surface area contributed by atoms with Crippen LogP contribution in [-0.2, 0) is 9.31 Å². The van der Waals surface area contributed by atoms with Gasteiger partial charge < -0.3 is 14.2 Å². The number of hydrogen-bond donors (Lipinski definition) is 0. The lowest BCUT2D eigenvalue weighted by Crippen LogP contribution is -2.41. The van der Waals surface area contributed by atoms with Crippen LogP contribution in [0.3, 0.4) is 0 Å². The van der Waals surface area contributed by atoms with Crippen LogP contribution in [0.2, 0.25) is 0 Å². The van der Waals surface area contributed by atoms with Crippen molar-refractivity contribution in [2.24, 2.45) is 0 Å². The molecule has 0 bridgehead atoms. The highest BCUT2D eigenvalue weighted by Gasteiger charge is 2.53. The van der Waals surface area contributed by atoms with Crippen LogP contribution in [0.15, 0.2) is 0 Å². The van der Waals surface area contributed by atoms with Crippen LogP contribution in [0.1, 0.15) is 66.2 Å². The summed E-state index contributed by atoms with van der Waals surface area (Å²) in [5.74, 6) is 0.413. The van der Waals surface area contributed by atoms with Gasteiger partial charge in [-0.25, -0.2) is 4.98 Å². The van der Waals surface area contributed by atoms with Gasteiger partial charge in [0.15, 0.2) is 5.13 Å². The Labute approximate surface area is 139 Å². The lowest BCUT2D eigenvalue weighted by molar-refractivity contribution is 0.00578. The maximum Gasteiger partial charge on any atom is 0.515 e. The molecule has 0 N–H and O–H groups in total. The molecule has 1 aliphatic rings. The first kappa shape index (κ1) is 17.8. The van der Waals surface area contributed by atoms with Crippen LogP contribution in [0.25, 0.3) is 0 Å². The Hall–Kier alpha value is -0.585. The van der Waals surface area contributed by atoms with Crippen LogP contribution in [-0.4, -0.2) is 36.4 Å². The summed E-state index contributed by atoms with van der Waals surface area (Å²) in [7, 11) is -0.372. The van der Waals surface area contributed by atoms with E-state index in [1.807, 2.05) is 0 Å². The average molecular weight is 324 g/mol. The number of hydrogen-bond acceptors (Lipinski definition) is 5. The third-order valence-corrected chi connectivity index (χ3v) is 6.14. The van der Waals surface area contributed by atoms with E-state index < -0.39 is 0 Å². The Morgan fingerprint density at radius 1 is 1.09 bits per heavy atom. The molecule has 0 aromatic carbocycles. The van der Waals surface area contributed by atoms with Gasteiger partial charge >= 0.3 is 7.12 Å². The SMILES string of the molecule is CCN(CC)c1nc(B2OC(C)(C)C(C)(C)O2)c(C(C)C)s1. The molecule has 0 amide bonds. The molecule has 0 spiro atoms. The van der Waals surface area contributed by atoms with Gasteiger partial charge in [0.2, 0.25) is 0 Å². The van der Waals surface area contributed by atoms with E-state index in [-0.39, 0.29) is 18.3 Å². The van der Waals surface area contributed by atoms with Gasteiger partial charge in [-0.15, -0.1) is 11.3 Å². The molecular formula is C16H29BN2O2S. The van der Waals surface area contributed by atoms with Gasteiger partial charge in [0.05, 0.1) is 16.8 Å². The molecule has 22 heavy (non-hydrogen) atoms. The molecule has 4 nitrogen and oxygen atoms in total. The van der Waals surface area contributed by atoms with E-state index in [4.69, 9.17) is 14.3 Å². The molecule has 0 aliphatic carbocycles. The molecule has 1 saturated heterocycles. The first-order valence-corrected chi connectivity index (χ1v) is 9.05. The Balaban J connectivity index is 2.39. The standard InChI is InChI=1S/C16H29BN2O2S/c1-9-19(10-2)14-18-13(12(22-14)11(3)4)17-20-15(5,6)16(7,8)21-17/h11H,9-10H2,1-8H3. The Kier molecular flexibility index (Phi) is 4.95. The van der Waals surface area contributed by atoms with Crippen molar-refractivity contribution in [3.63, 3.8) is 0 Å². The molecule has 124 valence electrons. The van der Waals surface area contributed by atoms with Crippen LogP contribution < -0.4 is 10.5 Å². The van der Waals surface area contributed by atoms with Crippen molar-refractivity contribution < 1.29 is 9.31 Å². The number of aromatic nitrogens is 1. The molecular weight excluding hydrogens is 295 g/mol. The highest BCUT2D eigenvalue weighted by atomic mass is 32.1. The third-order valence-electron chi connectivity index (χ3n) is 4.70. The fourth-order valence-electron chi connectivity index (χ4n) is 2.50. The summed E-state index contributed by atoms with van der Waals surface area (Å²) < 4.78 is 12.4. The Morgan fingerprint density at radius 3 is 2.00 bits per heavy atom. The molecule has 1 aromatic heterocycles. The molecule has 0 unspecified atom stereocenters. The molecule has 1 fully saturated rings. The minimum Gasteiger partial charge on any atom is -0.398 e. The van der Waals surface area contributed by atoms with E-state index >= 15 is 0 Å². The van der Waals surface area contributed by atoms with Gasteiger partial charge in [0.25, 0.3) is 0 Å². The van der Waals surface area contributed by atoms with E-state index in [1.54, 1.807) is 11.3 Å². The topological polar surface area (TPSA) is 34.6 Å². The number of anilines is 1. The number of rotatable bonds is 5. The van der Waals surface area contributed by atoms with Gasteiger partial charge in [0, 0.05) is 18.0 Å². The van der Waals surface area contributed by atoms with Crippen LogP contribution in [0, 0.1) is 0 Å². The van der Waals surface area contributed by atoms with Crippen molar-refractivity contribution in [3.8, 4) is 0 Å². The van der Waals surface area contributed by atoms with E-state index in [0.717, 1.165) is 23.8 Å². The van der Waals surface area contributed by atoms with Crippen molar-refractivity contribution in [2.75, 3.05) is 18.0 Å². The zero-order valence-corrected chi connectivity index (χ0v) is 16.0. The zero-order valence-electron chi connectivity index (χ0n) is 15.2. The van der Waals surface area contributed by atoms with Gasteiger partial charge in [-0.1, -0.05) is 13.8 Å². The third kappa shape index (κ3) is 3.06. The predicted octanol–water partition coefficient (Wildman–Crippen LogP) is 3.41. The van der Waals surface area contributed by atoms with E-state index in [2.05, 4.69) is 60.3 Å². The van der Waals surface area contributed by atoms with Crippen molar-refractivity contribution in [3.05, 3.63) is 4.88 Å². The second kappa shape index (κ2) is 6.14. The van der Waals surface area contributed by atoms with Crippen molar-refractivity contribution in [2.45, 2.75) is 72.5 Å². The molecule has 0 atom stereocenters. The van der Waals surface area contributed by atoms with Gasteiger partial charge in [-0.05, 0) is 47.5 Å². The largest absolute Gasteiger partial charge is 0.515 e. The van der Waals surface area contributed by atoms with Crippen LogP contribution in [0.4, 0.5) is 5.13 Å². The summed E-state index contributed by atoms with van der Waals surface area (Å²) in [6.07, 6.45) is 0. The maximum atomic E-state index is 6.20. The zero-order chi connectivity index (χ0) is 16.7. The number of thiazole rings is 1. The first-order valence-electron chi connectivity index (χ1n) is 8.24. The number of nitrogens with zero attached hydrogens (tertiary/aromatic N) is 2. The van der Waals surface area contributed by atoms with E-state index in [1.165, 1.54) is 4.88 Å². The molecule has 0 radical (unpaired) electrons. The van der Waals surface area contributed by atoms with E-state index in [9.17, 15) is 0 Å². The summed E-state index contributed by atoms with van der Waals surface area (Å²) in [6, 6.07) is 0. The average Bonchev–Trinajstić information content (AvgIpc) is 2.91. The summed E-state index contributed by atoms with van der Waals surface area (Å²) in [6.45, 7) is 19.0. The van der Waals surface area contributed by atoms with Crippen molar-refractivity contribution in [1.29, 1.82) is 0 Å². The Bertz CT molecular complexity index is 508. The van der Waals surface area contributed by atoms with Crippen molar-refractivity contribution >= 4 is 29.2 Å². The maximum absolute atomic E-state index is 6.20. The van der Waals surface area contributed by atoms with Gasteiger partial charge in [-0.2, -0.15) is 0 Å². The van der Waals surface area contributed by atoms with Crippen LogP contribution >= 0.6 is 11.3 Å². The molecule has 1 aliphatic heterocycles. The van der Waals surface area contributed by atoms with Gasteiger partial charge in [-0.3, -0.25) is 0 Å². The van der Waals surface area contributed by atoms with Crippen LogP contribution in [0.5, 0.6) is 0 Å². The summed E-state index contributed by atoms with van der Waals surface area (Å²) in [4.78, 5) is 8.43. The van der Waals surface area contributed by atoms with E-state index in [0.29, 0.717) is 5.92 Å². The minimum absolute atomic E-state index is 0.328. The highest BCUT2D eigenvalue weighted by Crippen LogP contribution is 2.38. The first-order chi connectivity index (χ1) is 10.1. The van der Waals surface area contributed by atoms with Gasteiger partial charge in [0.1, 0.15) is 0 Å². The molecule has 6 heteroatoms. The minimum atomic E-state index is -0.372.